The maximum absolute atomic E-state index is 13.0. The Morgan fingerprint density at radius 2 is 1.71 bits per heavy atom. The number of nitrogens with zero attached hydrogens (tertiary/aromatic N) is 1. The van der Waals surface area contributed by atoms with Crippen LogP contribution in [0.2, 0.25) is 0 Å². The highest BCUT2D eigenvalue weighted by Crippen LogP contribution is 2.21. The molecule has 0 saturated carbocycles. The topological polar surface area (TPSA) is 48.0 Å². The van der Waals surface area contributed by atoms with Gasteiger partial charge in [-0.1, -0.05) is 0 Å². The first kappa shape index (κ1) is 11.4. The summed E-state index contributed by atoms with van der Waals surface area (Å²) in [6.45, 7) is 3.63. The summed E-state index contributed by atoms with van der Waals surface area (Å²) in [6, 6.07) is 7.27. The zero-order valence-electron chi connectivity index (χ0n) is 9.70. The highest BCUT2D eigenvalue weighted by atomic mass is 19.1. The molecule has 1 aromatic carbocycles. The molecule has 3 nitrogen and oxygen atoms in total. The lowest BCUT2D eigenvalue weighted by atomic mass is 10.2. The number of halogens is 1. The molecule has 0 radical (unpaired) electrons. The van der Waals surface area contributed by atoms with E-state index in [1.807, 2.05) is 18.4 Å². The van der Waals surface area contributed by atoms with Crippen LogP contribution in [0.1, 0.15) is 11.4 Å². The fourth-order valence-corrected chi connectivity index (χ4v) is 1.97. The number of pyridine rings is 1. The molecule has 1 heterocycles. The monoisotopic (exact) mass is 232 g/mol. The Morgan fingerprint density at radius 1 is 1.12 bits per heavy atom. The molecule has 0 aliphatic heterocycles. The third-order valence-corrected chi connectivity index (χ3v) is 2.64. The van der Waals surface area contributed by atoms with Gasteiger partial charge in [0, 0.05) is 23.5 Å². The standard InChI is InChI=1S/C13H13FN2O/c1-8-5-11(17)6-9(2)16(8)13-4-3-10(14)7-12(13)15/h3-7H,15H2,1-2H3. The van der Waals surface area contributed by atoms with E-state index in [0.29, 0.717) is 11.4 Å². The number of hydrogen-bond acceptors (Lipinski definition) is 2. The van der Waals surface area contributed by atoms with E-state index >= 15 is 0 Å². The molecule has 0 aliphatic rings. The lowest BCUT2D eigenvalue weighted by Gasteiger charge is -2.16. The number of benzene rings is 1. The van der Waals surface area contributed by atoms with Crippen molar-refractivity contribution in [2.24, 2.45) is 0 Å². The molecule has 2 rings (SSSR count). The van der Waals surface area contributed by atoms with Gasteiger partial charge in [0.15, 0.2) is 5.43 Å². The first-order chi connectivity index (χ1) is 7.99. The van der Waals surface area contributed by atoms with Crippen molar-refractivity contribution in [3.63, 3.8) is 0 Å². The minimum absolute atomic E-state index is 0.0445. The third kappa shape index (κ3) is 2.06. The van der Waals surface area contributed by atoms with E-state index in [0.717, 1.165) is 11.4 Å². The summed E-state index contributed by atoms with van der Waals surface area (Å²) in [4.78, 5) is 11.3. The Hall–Kier alpha value is -2.10. The Kier molecular flexibility index (Phi) is 2.71. The zero-order valence-corrected chi connectivity index (χ0v) is 9.70. The van der Waals surface area contributed by atoms with E-state index in [-0.39, 0.29) is 11.2 Å². The second kappa shape index (κ2) is 4.05. The SMILES string of the molecule is Cc1cc(=O)cc(C)n1-c1ccc(F)cc1N. The van der Waals surface area contributed by atoms with Crippen LogP contribution in [-0.4, -0.2) is 4.57 Å². The van der Waals surface area contributed by atoms with Crippen molar-refractivity contribution in [3.8, 4) is 5.69 Å². The van der Waals surface area contributed by atoms with Gasteiger partial charge in [0.05, 0.1) is 11.4 Å². The average Bonchev–Trinajstić information content (AvgIpc) is 2.19. The van der Waals surface area contributed by atoms with Crippen molar-refractivity contribution in [1.29, 1.82) is 0 Å². The number of aromatic nitrogens is 1. The van der Waals surface area contributed by atoms with E-state index in [2.05, 4.69) is 0 Å². The summed E-state index contributed by atoms with van der Waals surface area (Å²) in [5.74, 6) is -0.373. The molecule has 88 valence electrons. The van der Waals surface area contributed by atoms with Gasteiger partial charge in [0.2, 0.25) is 0 Å². The Labute approximate surface area is 98.3 Å². The number of nitrogen functional groups attached to an aromatic ring is 1. The molecular weight excluding hydrogens is 219 g/mol. The lowest BCUT2D eigenvalue weighted by Crippen LogP contribution is -2.12. The molecule has 2 aromatic rings. The maximum Gasteiger partial charge on any atom is 0.182 e. The summed E-state index contributed by atoms with van der Waals surface area (Å²) in [5.41, 5.74) is 8.32. The van der Waals surface area contributed by atoms with Gasteiger partial charge < -0.3 is 10.3 Å². The molecule has 2 N–H and O–H groups in total. The Bertz CT molecular complexity index is 606. The van der Waals surface area contributed by atoms with Crippen LogP contribution in [0.5, 0.6) is 0 Å². The fourth-order valence-electron chi connectivity index (χ4n) is 1.97. The van der Waals surface area contributed by atoms with Crippen molar-refractivity contribution in [2.75, 3.05) is 5.73 Å². The zero-order chi connectivity index (χ0) is 12.6. The predicted molar refractivity (Wildman–Crippen MR) is 65.9 cm³/mol. The normalized spacial score (nSPS) is 10.5. The van der Waals surface area contributed by atoms with E-state index in [1.54, 1.807) is 6.07 Å². The van der Waals surface area contributed by atoms with Crippen LogP contribution in [0.15, 0.2) is 35.1 Å². The maximum atomic E-state index is 13.0. The van der Waals surface area contributed by atoms with Crippen LogP contribution >= 0.6 is 0 Å². The number of anilines is 1. The van der Waals surface area contributed by atoms with Crippen molar-refractivity contribution in [2.45, 2.75) is 13.8 Å². The second-order valence-electron chi connectivity index (χ2n) is 4.01. The number of nitrogens with two attached hydrogens (primary N) is 1. The highest BCUT2D eigenvalue weighted by Gasteiger charge is 2.07. The molecule has 0 saturated heterocycles. The van der Waals surface area contributed by atoms with Crippen LogP contribution in [0.25, 0.3) is 5.69 Å². The third-order valence-electron chi connectivity index (χ3n) is 2.64. The van der Waals surface area contributed by atoms with Gasteiger partial charge in [-0.25, -0.2) is 4.39 Å². The number of rotatable bonds is 1. The van der Waals surface area contributed by atoms with Crippen molar-refractivity contribution >= 4 is 5.69 Å². The van der Waals surface area contributed by atoms with E-state index < -0.39 is 0 Å². The summed E-state index contributed by atoms with van der Waals surface area (Å²) < 4.78 is 14.8. The minimum atomic E-state index is -0.373. The molecular formula is C13H13FN2O. The van der Waals surface area contributed by atoms with Crippen molar-refractivity contribution in [1.82, 2.24) is 4.57 Å². The lowest BCUT2D eigenvalue weighted by molar-refractivity contribution is 0.628. The molecule has 0 spiro atoms. The summed E-state index contributed by atoms with van der Waals surface area (Å²) >= 11 is 0. The largest absolute Gasteiger partial charge is 0.397 e. The van der Waals surface area contributed by atoms with Crippen LogP contribution < -0.4 is 11.2 Å². The fraction of sp³-hybridized carbons (Fsp3) is 0.154. The van der Waals surface area contributed by atoms with Gasteiger partial charge in [-0.05, 0) is 32.0 Å². The predicted octanol–water partition coefficient (Wildman–Crippen LogP) is 2.18. The summed E-state index contributed by atoms with van der Waals surface area (Å²) in [7, 11) is 0. The van der Waals surface area contributed by atoms with Gasteiger partial charge >= 0.3 is 0 Å². The molecule has 0 amide bonds. The summed E-state index contributed by atoms with van der Waals surface area (Å²) in [5, 5.41) is 0. The smallest absolute Gasteiger partial charge is 0.182 e. The van der Waals surface area contributed by atoms with E-state index in [4.69, 9.17) is 5.73 Å². The second-order valence-corrected chi connectivity index (χ2v) is 4.01. The van der Waals surface area contributed by atoms with E-state index in [9.17, 15) is 9.18 Å². The highest BCUT2D eigenvalue weighted by molar-refractivity contribution is 5.59. The molecule has 17 heavy (non-hydrogen) atoms. The van der Waals surface area contributed by atoms with Crippen molar-refractivity contribution in [3.05, 3.63) is 57.8 Å². The average molecular weight is 232 g/mol. The number of hydrogen-bond donors (Lipinski definition) is 1. The Balaban J connectivity index is 2.73. The number of aryl methyl sites for hydroxylation is 2. The molecule has 1 aromatic heterocycles. The van der Waals surface area contributed by atoms with Gasteiger partial charge in [-0.3, -0.25) is 4.79 Å². The van der Waals surface area contributed by atoms with Crippen LogP contribution in [0, 0.1) is 19.7 Å². The van der Waals surface area contributed by atoms with Gasteiger partial charge in [0.1, 0.15) is 5.82 Å². The van der Waals surface area contributed by atoms with Gasteiger partial charge in [0.25, 0.3) is 0 Å². The summed E-state index contributed by atoms with van der Waals surface area (Å²) in [6.07, 6.45) is 0. The first-order valence-electron chi connectivity index (χ1n) is 5.25. The molecule has 0 unspecified atom stereocenters. The molecule has 0 bridgehead atoms. The van der Waals surface area contributed by atoms with Crippen LogP contribution in [0.4, 0.5) is 10.1 Å². The molecule has 4 heteroatoms. The van der Waals surface area contributed by atoms with E-state index in [1.165, 1.54) is 24.3 Å². The Morgan fingerprint density at radius 3 is 2.24 bits per heavy atom. The van der Waals surface area contributed by atoms with Gasteiger partial charge in [-0.15, -0.1) is 0 Å². The first-order valence-corrected chi connectivity index (χ1v) is 5.25. The minimum Gasteiger partial charge on any atom is -0.397 e. The molecule has 0 fully saturated rings. The molecule has 0 aliphatic carbocycles. The quantitative estimate of drug-likeness (QED) is 0.766. The van der Waals surface area contributed by atoms with Crippen molar-refractivity contribution < 1.29 is 4.39 Å². The molecule has 0 atom stereocenters. The van der Waals surface area contributed by atoms with Crippen LogP contribution in [0.3, 0.4) is 0 Å². The van der Waals surface area contributed by atoms with Gasteiger partial charge in [-0.2, -0.15) is 0 Å². The van der Waals surface area contributed by atoms with Crippen LogP contribution in [-0.2, 0) is 0 Å².